The third-order valence-electron chi connectivity index (χ3n) is 6.55. The Kier molecular flexibility index (Phi) is 9.50. The minimum atomic E-state index is -4.58. The number of aryl methyl sites for hydroxylation is 1. The maximum absolute atomic E-state index is 13.7. The predicted molar refractivity (Wildman–Crippen MR) is 162 cm³/mol. The minimum absolute atomic E-state index is 0.0299. The first-order valence-electron chi connectivity index (χ1n) is 13.4. The summed E-state index contributed by atoms with van der Waals surface area (Å²) >= 11 is 1.26. The molecule has 0 unspecified atom stereocenters. The Labute approximate surface area is 251 Å². The molecule has 0 bridgehead atoms. The van der Waals surface area contributed by atoms with Gasteiger partial charge in [-0.25, -0.2) is 9.67 Å². The number of carbonyl (C=O) groups is 2. The van der Waals surface area contributed by atoms with Crippen molar-refractivity contribution in [2.75, 3.05) is 49.8 Å². The number of hydrogen-bond donors (Lipinski definition) is 2. The monoisotopic (exact) mass is 614 g/mol. The molecule has 14 heteroatoms. The summed E-state index contributed by atoms with van der Waals surface area (Å²) in [5, 5.41) is 14.2. The normalized spacial score (nSPS) is 11.7. The Bertz CT molecular complexity index is 1610. The molecule has 0 aliphatic heterocycles. The number of halogens is 3. The molecule has 2 heterocycles. The molecule has 2 amide bonds. The van der Waals surface area contributed by atoms with Gasteiger partial charge in [-0.3, -0.25) is 9.59 Å². The van der Waals surface area contributed by atoms with Gasteiger partial charge in [0.2, 0.25) is 5.91 Å². The molecule has 0 aliphatic rings. The van der Waals surface area contributed by atoms with Crippen molar-refractivity contribution in [1.82, 2.24) is 24.9 Å². The maximum Gasteiger partial charge on any atom is 0.416 e. The largest absolute Gasteiger partial charge is 0.416 e. The van der Waals surface area contributed by atoms with Crippen LogP contribution in [0.3, 0.4) is 0 Å². The lowest BCUT2D eigenvalue weighted by Gasteiger charge is -2.23. The van der Waals surface area contributed by atoms with E-state index < -0.39 is 17.6 Å². The van der Waals surface area contributed by atoms with Crippen LogP contribution in [0.2, 0.25) is 0 Å². The van der Waals surface area contributed by atoms with Crippen LogP contribution >= 0.6 is 11.3 Å². The van der Waals surface area contributed by atoms with Crippen LogP contribution in [-0.4, -0.2) is 70.9 Å². The summed E-state index contributed by atoms with van der Waals surface area (Å²) in [5.41, 5.74) is 1.62. The number of aromatic nitrogens is 4. The fraction of sp³-hybridized carbons (Fsp3) is 0.345. The quantitative estimate of drug-likeness (QED) is 0.241. The third-order valence-corrected chi connectivity index (χ3v) is 7.49. The van der Waals surface area contributed by atoms with Gasteiger partial charge in [0.05, 0.1) is 22.3 Å². The molecular weight excluding hydrogens is 581 g/mol. The smallest absolute Gasteiger partial charge is 0.373 e. The number of carbonyl (C=O) groups excluding carboxylic acids is 2. The van der Waals surface area contributed by atoms with E-state index in [4.69, 9.17) is 0 Å². The van der Waals surface area contributed by atoms with Crippen molar-refractivity contribution in [2.24, 2.45) is 5.92 Å². The van der Waals surface area contributed by atoms with Crippen molar-refractivity contribution in [3.8, 4) is 16.3 Å². The van der Waals surface area contributed by atoms with E-state index in [1.54, 1.807) is 56.4 Å². The van der Waals surface area contributed by atoms with Crippen molar-refractivity contribution >= 4 is 39.7 Å². The van der Waals surface area contributed by atoms with Gasteiger partial charge in [0.1, 0.15) is 5.69 Å². The van der Waals surface area contributed by atoms with Crippen LogP contribution in [0, 0.1) is 12.8 Å². The number of hydrogen-bond acceptors (Lipinski definition) is 8. The van der Waals surface area contributed by atoms with E-state index >= 15 is 0 Å². The third kappa shape index (κ3) is 7.96. The predicted octanol–water partition coefficient (Wildman–Crippen LogP) is 5.56. The molecule has 0 atom stereocenters. The zero-order chi connectivity index (χ0) is 31.5. The highest BCUT2D eigenvalue weighted by molar-refractivity contribution is 7.19. The highest BCUT2D eigenvalue weighted by atomic mass is 32.1. The second kappa shape index (κ2) is 12.9. The molecule has 0 radical (unpaired) electrons. The lowest BCUT2D eigenvalue weighted by atomic mass is 10.1. The second-order valence-corrected chi connectivity index (χ2v) is 11.7. The van der Waals surface area contributed by atoms with Gasteiger partial charge in [-0.2, -0.15) is 13.2 Å². The van der Waals surface area contributed by atoms with Crippen molar-refractivity contribution in [3.05, 3.63) is 65.5 Å². The maximum atomic E-state index is 13.7. The van der Waals surface area contributed by atoms with Gasteiger partial charge in [-0.1, -0.05) is 36.5 Å². The van der Waals surface area contributed by atoms with Crippen molar-refractivity contribution in [3.63, 3.8) is 0 Å². The zero-order valence-electron chi connectivity index (χ0n) is 24.7. The molecule has 0 saturated heterocycles. The van der Waals surface area contributed by atoms with E-state index in [-0.39, 0.29) is 23.1 Å². The fourth-order valence-electron chi connectivity index (χ4n) is 3.94. The topological polar surface area (TPSA) is 108 Å². The van der Waals surface area contributed by atoms with Crippen LogP contribution in [0.1, 0.15) is 35.3 Å². The molecule has 2 aromatic heterocycles. The number of thiazole rings is 1. The number of nitrogens with one attached hydrogen (secondary N) is 2. The summed E-state index contributed by atoms with van der Waals surface area (Å²) in [4.78, 5) is 33.8. The number of nitrogens with zero attached hydrogens (tertiary/aromatic N) is 6. The summed E-state index contributed by atoms with van der Waals surface area (Å²) in [6.45, 7) is 6.56. The molecule has 0 saturated carbocycles. The van der Waals surface area contributed by atoms with Gasteiger partial charge in [-0.05, 0) is 56.9 Å². The first-order chi connectivity index (χ1) is 20.2. The summed E-state index contributed by atoms with van der Waals surface area (Å²) in [6.07, 6.45) is -1.32. The fourth-order valence-corrected chi connectivity index (χ4v) is 4.71. The number of anilines is 3. The Hall–Kier alpha value is -4.30. The average Bonchev–Trinajstić information content (AvgIpc) is 3.61. The molecule has 4 rings (SSSR count). The van der Waals surface area contributed by atoms with Crippen molar-refractivity contribution in [1.29, 1.82) is 0 Å². The SMILES string of the molecule is Cc1ccc(C(=O)Nc2cc(N(C)CCN(C)C)cc(C(F)(F)F)c2)cc1-n1cc(-c2cnc(NC(=O)C(C)C)s2)nn1. The van der Waals surface area contributed by atoms with E-state index in [1.807, 2.05) is 25.9 Å². The van der Waals surface area contributed by atoms with Gasteiger partial charge < -0.3 is 20.4 Å². The average molecular weight is 615 g/mol. The van der Waals surface area contributed by atoms with E-state index in [1.165, 1.54) is 22.1 Å². The summed E-state index contributed by atoms with van der Waals surface area (Å²) < 4.78 is 42.6. The van der Waals surface area contributed by atoms with E-state index in [9.17, 15) is 22.8 Å². The number of rotatable bonds is 10. The number of amides is 2. The second-order valence-electron chi connectivity index (χ2n) is 10.7. The van der Waals surface area contributed by atoms with Crippen LogP contribution < -0.4 is 15.5 Å². The lowest BCUT2D eigenvalue weighted by Crippen LogP contribution is -2.28. The highest BCUT2D eigenvalue weighted by Gasteiger charge is 2.32. The Morgan fingerprint density at radius 2 is 1.79 bits per heavy atom. The van der Waals surface area contributed by atoms with Crippen molar-refractivity contribution < 1.29 is 22.8 Å². The highest BCUT2D eigenvalue weighted by Crippen LogP contribution is 2.35. The molecule has 0 spiro atoms. The van der Waals surface area contributed by atoms with Gasteiger partial charge >= 0.3 is 6.18 Å². The zero-order valence-corrected chi connectivity index (χ0v) is 25.5. The number of likely N-dealkylation sites (N-methyl/N-ethyl adjacent to an activating group) is 2. The standard InChI is InChI=1S/C29H33F3N8O2S/c1-17(2)26(41)35-28-33-15-25(43-28)23-16-40(37-36-23)24-11-19(8-7-18(24)3)27(42)34-21-12-20(29(30,31)32)13-22(14-21)39(6)10-9-38(4)5/h7-8,11-17H,9-10H2,1-6H3,(H,34,42)(H,33,35,41). The molecule has 0 aliphatic carbocycles. The van der Waals surface area contributed by atoms with Crippen LogP contribution in [-0.2, 0) is 11.0 Å². The molecule has 4 aromatic rings. The van der Waals surface area contributed by atoms with Crippen molar-refractivity contribution in [2.45, 2.75) is 26.9 Å². The van der Waals surface area contributed by atoms with Crippen LogP contribution in [0.5, 0.6) is 0 Å². The molecule has 0 fully saturated rings. The Morgan fingerprint density at radius 1 is 1.05 bits per heavy atom. The van der Waals surface area contributed by atoms with Gasteiger partial charge in [-0.15, -0.1) is 5.10 Å². The Morgan fingerprint density at radius 3 is 2.47 bits per heavy atom. The lowest BCUT2D eigenvalue weighted by molar-refractivity contribution is -0.137. The van der Waals surface area contributed by atoms with E-state index in [0.717, 1.165) is 17.7 Å². The first kappa shape index (κ1) is 31.6. The molecule has 228 valence electrons. The van der Waals surface area contributed by atoms with Gasteiger partial charge in [0.25, 0.3) is 5.91 Å². The van der Waals surface area contributed by atoms with E-state index in [0.29, 0.717) is 40.2 Å². The minimum Gasteiger partial charge on any atom is -0.373 e. The van der Waals surface area contributed by atoms with Crippen LogP contribution in [0.15, 0.2) is 48.8 Å². The summed E-state index contributed by atoms with van der Waals surface area (Å²) in [6, 6.07) is 8.44. The van der Waals surface area contributed by atoms with Gasteiger partial charge in [0.15, 0.2) is 5.13 Å². The molecule has 10 nitrogen and oxygen atoms in total. The number of alkyl halides is 3. The summed E-state index contributed by atoms with van der Waals surface area (Å²) in [5.74, 6) is -0.908. The van der Waals surface area contributed by atoms with E-state index in [2.05, 4.69) is 25.9 Å². The van der Waals surface area contributed by atoms with Crippen LogP contribution in [0.25, 0.3) is 16.3 Å². The Balaban J connectivity index is 1.56. The van der Waals surface area contributed by atoms with Gasteiger partial charge in [0, 0.05) is 49.2 Å². The molecule has 2 N–H and O–H groups in total. The molecule has 2 aromatic carbocycles. The molecule has 43 heavy (non-hydrogen) atoms. The van der Waals surface area contributed by atoms with Crippen LogP contribution in [0.4, 0.5) is 29.7 Å². The number of benzene rings is 2. The molecular formula is C29H33F3N8O2S. The first-order valence-corrected chi connectivity index (χ1v) is 14.2. The summed E-state index contributed by atoms with van der Waals surface area (Å²) in [7, 11) is 5.47.